The number of carboxylic acids is 1. The van der Waals surface area contributed by atoms with Gasteiger partial charge in [0.05, 0.1) is 5.56 Å². The second-order valence-corrected chi connectivity index (χ2v) is 2.73. The molecule has 0 unspecified atom stereocenters. The molecule has 0 aliphatic heterocycles. The minimum atomic E-state index is -4.85. The highest BCUT2D eigenvalue weighted by atomic mass is 19.3. The maximum Gasteiger partial charge on any atom is 0.379 e. The van der Waals surface area contributed by atoms with Gasteiger partial charge >= 0.3 is 11.9 Å². The largest absolute Gasteiger partial charge is 0.477 e. The molecular formula is C8H2F6O2. The highest BCUT2D eigenvalue weighted by molar-refractivity contribution is 5.77. The first-order chi connectivity index (χ1) is 7.19. The molecule has 1 N–H and O–H groups in total. The van der Waals surface area contributed by atoms with E-state index in [-0.39, 0.29) is 0 Å². The predicted octanol–water partition coefficient (Wildman–Crippen LogP) is 2.42. The van der Waals surface area contributed by atoms with Gasteiger partial charge in [-0.05, 0) is 6.07 Å². The average Bonchev–Trinajstić information content (AvgIpc) is 2.19. The Morgan fingerprint density at radius 2 is 1.56 bits per heavy atom. The summed E-state index contributed by atoms with van der Waals surface area (Å²) in [5.41, 5.74) is -2.07. The van der Waals surface area contributed by atoms with Gasteiger partial charge in [-0.3, -0.25) is 0 Å². The van der Waals surface area contributed by atoms with E-state index < -0.39 is 46.8 Å². The molecule has 0 aliphatic rings. The zero-order valence-electron chi connectivity index (χ0n) is 7.20. The quantitative estimate of drug-likeness (QED) is 0.492. The zero-order valence-corrected chi connectivity index (χ0v) is 7.20. The lowest BCUT2D eigenvalue weighted by Gasteiger charge is -2.13. The first-order valence-corrected chi connectivity index (χ1v) is 3.64. The fraction of sp³-hybridized carbons (Fsp3) is 0.125. The van der Waals surface area contributed by atoms with Crippen LogP contribution < -0.4 is 0 Å². The van der Waals surface area contributed by atoms with E-state index in [2.05, 4.69) is 0 Å². The molecule has 16 heavy (non-hydrogen) atoms. The van der Waals surface area contributed by atoms with Crippen LogP contribution in [-0.4, -0.2) is 11.1 Å². The van der Waals surface area contributed by atoms with E-state index in [0.717, 1.165) is 0 Å². The third kappa shape index (κ3) is 1.70. The standard InChI is InChI=1S/C8H2F6O2/c9-3-1-2(8(13,14)7(15)16)4(10)6(12)5(3)11/h1H,(H,15,16). The highest BCUT2D eigenvalue weighted by Gasteiger charge is 2.45. The number of carboxylic acid groups (broad SMARTS) is 1. The summed E-state index contributed by atoms with van der Waals surface area (Å²) in [6.45, 7) is 0. The smallest absolute Gasteiger partial charge is 0.379 e. The Labute approximate surface area is 84.1 Å². The van der Waals surface area contributed by atoms with Crippen molar-refractivity contribution in [3.8, 4) is 0 Å². The van der Waals surface area contributed by atoms with Crippen molar-refractivity contribution in [1.82, 2.24) is 0 Å². The van der Waals surface area contributed by atoms with Crippen molar-refractivity contribution >= 4 is 5.97 Å². The summed E-state index contributed by atoms with van der Waals surface area (Å²) >= 11 is 0. The predicted molar refractivity (Wildman–Crippen MR) is 37.8 cm³/mol. The van der Waals surface area contributed by atoms with Gasteiger partial charge in [0, 0.05) is 0 Å². The van der Waals surface area contributed by atoms with Gasteiger partial charge in [0.25, 0.3) is 0 Å². The van der Waals surface area contributed by atoms with Gasteiger partial charge in [0.2, 0.25) is 0 Å². The fourth-order valence-electron chi connectivity index (χ4n) is 0.917. The van der Waals surface area contributed by atoms with Gasteiger partial charge in [-0.2, -0.15) is 8.78 Å². The van der Waals surface area contributed by atoms with Crippen molar-refractivity contribution < 1.29 is 36.2 Å². The van der Waals surface area contributed by atoms with Gasteiger partial charge in [-0.25, -0.2) is 22.4 Å². The Morgan fingerprint density at radius 1 is 1.06 bits per heavy atom. The zero-order chi connectivity index (χ0) is 12.7. The van der Waals surface area contributed by atoms with E-state index >= 15 is 0 Å². The number of carbonyl (C=O) groups is 1. The van der Waals surface area contributed by atoms with Crippen molar-refractivity contribution in [3.63, 3.8) is 0 Å². The summed E-state index contributed by atoms with van der Waals surface area (Å²) in [6.07, 6.45) is 0. The number of hydrogen-bond acceptors (Lipinski definition) is 1. The van der Waals surface area contributed by atoms with Crippen LogP contribution in [0, 0.1) is 23.3 Å². The molecule has 0 spiro atoms. The van der Waals surface area contributed by atoms with Gasteiger partial charge in [-0.1, -0.05) is 0 Å². The summed E-state index contributed by atoms with van der Waals surface area (Å²) in [5.74, 6) is -17.0. The minimum absolute atomic E-state index is 0.401. The van der Waals surface area contributed by atoms with Crippen LogP contribution in [0.1, 0.15) is 5.56 Å². The summed E-state index contributed by atoms with van der Waals surface area (Å²) in [7, 11) is 0. The summed E-state index contributed by atoms with van der Waals surface area (Å²) in [4.78, 5) is 10.0. The van der Waals surface area contributed by atoms with Crippen LogP contribution in [-0.2, 0) is 10.7 Å². The van der Waals surface area contributed by atoms with E-state index in [1.165, 1.54) is 0 Å². The maximum atomic E-state index is 12.8. The van der Waals surface area contributed by atoms with Crippen LogP contribution in [0.5, 0.6) is 0 Å². The number of rotatable bonds is 2. The van der Waals surface area contributed by atoms with E-state index in [1.807, 2.05) is 0 Å². The molecular weight excluding hydrogens is 242 g/mol. The van der Waals surface area contributed by atoms with Crippen molar-refractivity contribution in [3.05, 3.63) is 34.9 Å². The Hall–Kier alpha value is -1.73. The van der Waals surface area contributed by atoms with Crippen LogP contribution in [0.3, 0.4) is 0 Å². The topological polar surface area (TPSA) is 37.3 Å². The molecule has 1 rings (SSSR count). The Kier molecular flexibility index (Phi) is 2.85. The van der Waals surface area contributed by atoms with Gasteiger partial charge in [0.15, 0.2) is 23.3 Å². The van der Waals surface area contributed by atoms with Crippen molar-refractivity contribution in [2.24, 2.45) is 0 Å². The molecule has 2 nitrogen and oxygen atoms in total. The van der Waals surface area contributed by atoms with Crippen LogP contribution in [0.4, 0.5) is 26.3 Å². The van der Waals surface area contributed by atoms with E-state index in [4.69, 9.17) is 5.11 Å². The minimum Gasteiger partial charge on any atom is -0.477 e. The first kappa shape index (κ1) is 12.3. The van der Waals surface area contributed by atoms with Crippen LogP contribution >= 0.6 is 0 Å². The molecule has 0 saturated carbocycles. The lowest BCUT2D eigenvalue weighted by molar-refractivity contribution is -0.166. The summed E-state index contributed by atoms with van der Waals surface area (Å²) < 4.78 is 75.7. The Morgan fingerprint density at radius 3 is 2.00 bits per heavy atom. The highest BCUT2D eigenvalue weighted by Crippen LogP contribution is 2.32. The molecule has 0 saturated heterocycles. The molecule has 8 heteroatoms. The van der Waals surface area contributed by atoms with Crippen LogP contribution in [0.25, 0.3) is 0 Å². The second-order valence-electron chi connectivity index (χ2n) is 2.73. The Balaban J connectivity index is 3.54. The number of benzene rings is 1. The normalized spacial score (nSPS) is 11.6. The van der Waals surface area contributed by atoms with Crippen LogP contribution in [0.2, 0.25) is 0 Å². The van der Waals surface area contributed by atoms with Gasteiger partial charge in [-0.15, -0.1) is 0 Å². The number of hydrogen-bond donors (Lipinski definition) is 1. The third-order valence-corrected chi connectivity index (χ3v) is 1.71. The monoisotopic (exact) mass is 244 g/mol. The molecule has 0 amide bonds. The molecule has 88 valence electrons. The maximum absolute atomic E-state index is 12.8. The summed E-state index contributed by atoms with van der Waals surface area (Å²) in [5, 5.41) is 8.01. The van der Waals surface area contributed by atoms with E-state index in [9.17, 15) is 31.1 Å². The molecule has 0 radical (unpaired) electrons. The molecule has 0 atom stereocenters. The van der Waals surface area contributed by atoms with Crippen molar-refractivity contribution in [2.75, 3.05) is 0 Å². The third-order valence-electron chi connectivity index (χ3n) is 1.71. The molecule has 0 heterocycles. The van der Waals surface area contributed by atoms with E-state index in [0.29, 0.717) is 0 Å². The van der Waals surface area contributed by atoms with Crippen molar-refractivity contribution in [1.29, 1.82) is 0 Å². The van der Waals surface area contributed by atoms with Crippen molar-refractivity contribution in [2.45, 2.75) is 5.92 Å². The van der Waals surface area contributed by atoms with E-state index in [1.54, 1.807) is 0 Å². The number of alkyl halides is 2. The Bertz CT molecular complexity index is 456. The molecule has 0 fully saturated rings. The lowest BCUT2D eigenvalue weighted by Crippen LogP contribution is -2.27. The lowest BCUT2D eigenvalue weighted by atomic mass is 10.1. The molecule has 0 bridgehead atoms. The number of aliphatic carboxylic acids is 1. The molecule has 1 aromatic carbocycles. The molecule has 0 aliphatic carbocycles. The summed E-state index contributed by atoms with van der Waals surface area (Å²) in [6, 6.07) is -0.401. The first-order valence-electron chi connectivity index (χ1n) is 3.64. The van der Waals surface area contributed by atoms with Crippen LogP contribution in [0.15, 0.2) is 6.07 Å². The van der Waals surface area contributed by atoms with Gasteiger partial charge in [0.1, 0.15) is 0 Å². The van der Waals surface area contributed by atoms with Gasteiger partial charge < -0.3 is 5.11 Å². The SMILES string of the molecule is O=C(O)C(F)(F)c1cc(F)c(F)c(F)c1F. The molecule has 0 aromatic heterocycles. The molecule has 1 aromatic rings. The number of halogens is 6. The average molecular weight is 244 g/mol. The fourth-order valence-corrected chi connectivity index (χ4v) is 0.917. The second kappa shape index (κ2) is 3.69.